The van der Waals surface area contributed by atoms with Crippen LogP contribution in [0.3, 0.4) is 0 Å². The quantitative estimate of drug-likeness (QED) is 0.899. The first-order valence-electron chi connectivity index (χ1n) is 7.65. The number of hydrogen-bond donors (Lipinski definition) is 2. The van der Waals surface area contributed by atoms with Crippen molar-refractivity contribution >= 4 is 5.97 Å². The minimum atomic E-state index is -0.715. The Kier molecular flexibility index (Phi) is 3.75. The second kappa shape index (κ2) is 5.58. The first-order chi connectivity index (χ1) is 10.5. The molecule has 0 saturated heterocycles. The summed E-state index contributed by atoms with van der Waals surface area (Å²) >= 11 is 0. The molecule has 1 saturated carbocycles. The number of rotatable bonds is 4. The van der Waals surface area contributed by atoms with Crippen LogP contribution < -0.4 is 0 Å². The van der Waals surface area contributed by atoms with Crippen LogP contribution in [0.2, 0.25) is 0 Å². The lowest BCUT2D eigenvalue weighted by Gasteiger charge is -2.38. The maximum absolute atomic E-state index is 11.5. The highest BCUT2D eigenvalue weighted by molar-refractivity contribution is 5.83. The predicted octanol–water partition coefficient (Wildman–Crippen LogP) is 3.91. The first kappa shape index (κ1) is 14.8. The molecule has 2 aromatic rings. The molecule has 0 aliphatic heterocycles. The zero-order chi connectivity index (χ0) is 15.7. The Hall–Kier alpha value is -2.13. The van der Waals surface area contributed by atoms with E-state index in [1.165, 1.54) is 0 Å². The molecule has 0 heterocycles. The van der Waals surface area contributed by atoms with Crippen molar-refractivity contribution in [3.05, 3.63) is 59.7 Å². The molecular weight excluding hydrogens is 276 g/mol. The molecule has 1 atom stereocenters. The molecule has 0 aromatic heterocycles. The molecule has 1 unspecified atom stereocenters. The largest absolute Gasteiger partial charge is 0.481 e. The zero-order valence-electron chi connectivity index (χ0n) is 12.6. The highest BCUT2D eigenvalue weighted by atomic mass is 16.4. The van der Waals surface area contributed by atoms with Gasteiger partial charge >= 0.3 is 5.97 Å². The summed E-state index contributed by atoms with van der Waals surface area (Å²) in [6, 6.07) is 15.6. The van der Waals surface area contributed by atoms with Crippen molar-refractivity contribution in [1.82, 2.24) is 0 Å². The third-order valence-corrected chi connectivity index (χ3v) is 4.78. The molecule has 2 N–H and O–H groups in total. The van der Waals surface area contributed by atoms with Crippen molar-refractivity contribution in [2.75, 3.05) is 0 Å². The van der Waals surface area contributed by atoms with Gasteiger partial charge in [0, 0.05) is 0 Å². The fourth-order valence-corrected chi connectivity index (χ4v) is 3.09. The molecule has 0 bridgehead atoms. The molecule has 0 radical (unpaired) electrons. The van der Waals surface area contributed by atoms with Crippen molar-refractivity contribution < 1.29 is 15.0 Å². The monoisotopic (exact) mass is 296 g/mol. The number of aliphatic carboxylic acids is 1. The van der Waals surface area contributed by atoms with Crippen LogP contribution in [0.4, 0.5) is 0 Å². The molecular formula is C19H20O3. The highest BCUT2D eigenvalue weighted by Crippen LogP contribution is 2.44. The van der Waals surface area contributed by atoms with Gasteiger partial charge in [0.15, 0.2) is 0 Å². The van der Waals surface area contributed by atoms with Gasteiger partial charge in [-0.1, -0.05) is 55.0 Å². The van der Waals surface area contributed by atoms with Crippen molar-refractivity contribution in [3.8, 4) is 11.1 Å². The van der Waals surface area contributed by atoms with E-state index in [0.29, 0.717) is 0 Å². The van der Waals surface area contributed by atoms with E-state index in [9.17, 15) is 15.0 Å². The van der Waals surface area contributed by atoms with Gasteiger partial charge in [-0.15, -0.1) is 0 Å². The van der Waals surface area contributed by atoms with Crippen LogP contribution in [0.5, 0.6) is 0 Å². The smallest absolute Gasteiger partial charge is 0.314 e. The van der Waals surface area contributed by atoms with Crippen LogP contribution in [0.1, 0.15) is 43.4 Å². The van der Waals surface area contributed by atoms with Gasteiger partial charge in [0.25, 0.3) is 0 Å². The number of carbonyl (C=O) groups is 1. The number of carboxylic acid groups (broad SMARTS) is 1. The lowest BCUT2D eigenvalue weighted by molar-refractivity contribution is -0.147. The van der Waals surface area contributed by atoms with Gasteiger partial charge in [-0.3, -0.25) is 4.79 Å². The summed E-state index contributed by atoms with van der Waals surface area (Å²) in [6.45, 7) is 1.74. The van der Waals surface area contributed by atoms with E-state index < -0.39 is 17.5 Å². The molecule has 3 rings (SSSR count). The van der Waals surface area contributed by atoms with Crippen molar-refractivity contribution in [3.63, 3.8) is 0 Å². The van der Waals surface area contributed by atoms with E-state index >= 15 is 0 Å². The van der Waals surface area contributed by atoms with Gasteiger partial charge in [-0.2, -0.15) is 0 Å². The average molecular weight is 296 g/mol. The summed E-state index contributed by atoms with van der Waals surface area (Å²) in [5.41, 5.74) is 3.24. The Balaban J connectivity index is 1.86. The third kappa shape index (κ3) is 2.42. The maximum atomic E-state index is 11.5. The number of aliphatic hydroxyl groups excluding tert-OH is 1. The van der Waals surface area contributed by atoms with E-state index in [1.54, 1.807) is 6.92 Å². The fourth-order valence-electron chi connectivity index (χ4n) is 3.09. The average Bonchev–Trinajstić information content (AvgIpc) is 2.46. The SMILES string of the molecule is CC(O)c1ccc(-c2ccc(C3(C(=O)O)CCC3)cc2)cc1. The molecule has 22 heavy (non-hydrogen) atoms. The molecule has 1 aliphatic rings. The predicted molar refractivity (Wildman–Crippen MR) is 85.7 cm³/mol. The van der Waals surface area contributed by atoms with E-state index in [1.807, 2.05) is 48.5 Å². The van der Waals surface area contributed by atoms with Crippen molar-refractivity contribution in [1.29, 1.82) is 0 Å². The van der Waals surface area contributed by atoms with Crippen LogP contribution in [-0.2, 0) is 10.2 Å². The summed E-state index contributed by atoms with van der Waals surface area (Å²) in [7, 11) is 0. The summed E-state index contributed by atoms with van der Waals surface area (Å²) in [6.07, 6.45) is 1.97. The van der Waals surface area contributed by atoms with Crippen LogP contribution in [0.25, 0.3) is 11.1 Å². The molecule has 3 heteroatoms. The molecule has 1 fully saturated rings. The molecule has 2 aromatic carbocycles. The van der Waals surface area contributed by atoms with Crippen LogP contribution in [-0.4, -0.2) is 16.2 Å². The van der Waals surface area contributed by atoms with Crippen LogP contribution in [0, 0.1) is 0 Å². The summed E-state index contributed by atoms with van der Waals surface area (Å²) < 4.78 is 0. The summed E-state index contributed by atoms with van der Waals surface area (Å²) in [5.74, 6) is -0.715. The van der Waals surface area contributed by atoms with E-state index in [-0.39, 0.29) is 0 Å². The second-order valence-corrected chi connectivity index (χ2v) is 6.12. The lowest BCUT2D eigenvalue weighted by Crippen LogP contribution is -2.42. The number of hydrogen-bond acceptors (Lipinski definition) is 2. The standard InChI is InChI=1S/C19H20O3/c1-13(20)14-3-5-15(6-4-14)16-7-9-17(10-8-16)19(18(21)22)11-2-12-19/h3-10,13,20H,2,11-12H2,1H3,(H,21,22). The zero-order valence-corrected chi connectivity index (χ0v) is 12.6. The van der Waals surface area contributed by atoms with Gasteiger partial charge < -0.3 is 10.2 Å². The Morgan fingerprint density at radius 3 is 1.86 bits per heavy atom. The van der Waals surface area contributed by atoms with Gasteiger partial charge in [-0.05, 0) is 42.0 Å². The molecule has 0 amide bonds. The van der Waals surface area contributed by atoms with Gasteiger partial charge in [0.2, 0.25) is 0 Å². The maximum Gasteiger partial charge on any atom is 0.314 e. The Bertz CT molecular complexity index is 665. The summed E-state index contributed by atoms with van der Waals surface area (Å²) in [5, 5.41) is 19.0. The normalized spacial score (nSPS) is 17.5. The molecule has 1 aliphatic carbocycles. The topological polar surface area (TPSA) is 57.5 Å². The number of aliphatic hydroxyl groups is 1. The second-order valence-electron chi connectivity index (χ2n) is 6.12. The Morgan fingerprint density at radius 2 is 1.50 bits per heavy atom. The Labute approximate surface area is 130 Å². The summed E-state index contributed by atoms with van der Waals surface area (Å²) in [4.78, 5) is 11.5. The van der Waals surface area contributed by atoms with Crippen molar-refractivity contribution in [2.45, 2.75) is 37.7 Å². The fraction of sp³-hybridized carbons (Fsp3) is 0.316. The lowest BCUT2D eigenvalue weighted by atomic mass is 9.64. The van der Waals surface area contributed by atoms with Crippen molar-refractivity contribution in [2.24, 2.45) is 0 Å². The Morgan fingerprint density at radius 1 is 1.00 bits per heavy atom. The van der Waals surface area contributed by atoms with Gasteiger partial charge in [0.1, 0.15) is 0 Å². The molecule has 114 valence electrons. The first-order valence-corrected chi connectivity index (χ1v) is 7.65. The molecule has 3 nitrogen and oxygen atoms in total. The minimum Gasteiger partial charge on any atom is -0.481 e. The van der Waals surface area contributed by atoms with E-state index in [0.717, 1.165) is 41.5 Å². The van der Waals surface area contributed by atoms with E-state index in [2.05, 4.69) is 0 Å². The number of benzene rings is 2. The van der Waals surface area contributed by atoms with Crippen LogP contribution in [0.15, 0.2) is 48.5 Å². The van der Waals surface area contributed by atoms with Crippen LogP contribution >= 0.6 is 0 Å². The van der Waals surface area contributed by atoms with Gasteiger partial charge in [-0.25, -0.2) is 0 Å². The van der Waals surface area contributed by atoms with E-state index in [4.69, 9.17) is 0 Å². The molecule has 0 spiro atoms. The highest BCUT2D eigenvalue weighted by Gasteiger charge is 2.45. The minimum absolute atomic E-state index is 0.467. The third-order valence-electron chi connectivity index (χ3n) is 4.78. The number of carboxylic acids is 1. The van der Waals surface area contributed by atoms with Gasteiger partial charge in [0.05, 0.1) is 11.5 Å².